The van der Waals surface area contributed by atoms with Gasteiger partial charge in [0.05, 0.1) is 11.4 Å². The molecule has 1 aromatic heterocycles. The van der Waals surface area contributed by atoms with Crippen LogP contribution >= 0.6 is 11.3 Å². The van der Waals surface area contributed by atoms with Crippen molar-refractivity contribution in [3.8, 4) is 17.2 Å². The molecular formula is C47H51BN2O3S. The number of anilines is 6. The standard InChI is InChI=1S/C47H51BN2O3S/c1-25-21-35-38-36(22-25)50(39-26(2)41(51)43(53)42(52)27(39)3)34-19-15-30(47(10,11)12)24-33(34)48(38)44-40(32-23-29(46(7,8)9)16-20-37(32)54-44)49(35)31-17-13-28(14-18-31)45(4,5)6/h13-24,51-53H,1-12H3. The Balaban J connectivity index is 1.53. The number of phenolic OH excluding ortho intramolecular Hbond substituents is 3. The minimum absolute atomic E-state index is 0.0157. The zero-order valence-electron chi connectivity index (χ0n) is 33.6. The SMILES string of the molecule is Cc1cc2c3c(c1)N(c1ccc(C(C)(C)C)cc1)c1c(sc4ccc(C(C)(C)C)cc14)B3c1cc(C(C)(C)C)ccc1N2c1c(C)c(O)c(O)c(O)c1C. The number of aryl methyl sites for hydroxylation is 1. The van der Waals surface area contributed by atoms with E-state index in [9.17, 15) is 15.3 Å². The van der Waals surface area contributed by atoms with Crippen LogP contribution in [0, 0.1) is 20.8 Å². The maximum absolute atomic E-state index is 11.2. The fraction of sp³-hybridized carbons (Fsp3) is 0.319. The van der Waals surface area contributed by atoms with Gasteiger partial charge in [-0.05, 0) is 113 Å². The predicted molar refractivity (Wildman–Crippen MR) is 231 cm³/mol. The van der Waals surface area contributed by atoms with Gasteiger partial charge in [0.1, 0.15) is 0 Å². The molecule has 6 aromatic rings. The summed E-state index contributed by atoms with van der Waals surface area (Å²) in [6.07, 6.45) is 0. The molecule has 3 heterocycles. The number of phenols is 3. The second-order valence-electron chi connectivity index (χ2n) is 18.6. The quantitative estimate of drug-likeness (QED) is 0.122. The third-order valence-electron chi connectivity index (χ3n) is 11.6. The molecule has 0 unspecified atom stereocenters. The molecule has 3 N–H and O–H groups in total. The fourth-order valence-corrected chi connectivity index (χ4v) is 9.78. The molecule has 0 atom stereocenters. The zero-order valence-corrected chi connectivity index (χ0v) is 34.5. The number of hydrogen-bond acceptors (Lipinski definition) is 6. The van der Waals surface area contributed by atoms with Gasteiger partial charge in [-0.25, -0.2) is 0 Å². The van der Waals surface area contributed by atoms with E-state index in [1.54, 1.807) is 0 Å². The molecule has 54 heavy (non-hydrogen) atoms. The van der Waals surface area contributed by atoms with Crippen molar-refractivity contribution in [2.24, 2.45) is 0 Å². The Labute approximate surface area is 324 Å². The van der Waals surface area contributed by atoms with Crippen molar-refractivity contribution in [1.29, 1.82) is 0 Å². The Morgan fingerprint density at radius 2 is 1.06 bits per heavy atom. The third-order valence-corrected chi connectivity index (χ3v) is 12.8. The van der Waals surface area contributed by atoms with Gasteiger partial charge < -0.3 is 25.1 Å². The van der Waals surface area contributed by atoms with E-state index in [1.807, 2.05) is 25.2 Å². The fourth-order valence-electron chi connectivity index (χ4n) is 8.48. The highest BCUT2D eigenvalue weighted by Crippen LogP contribution is 2.53. The zero-order chi connectivity index (χ0) is 39.0. The van der Waals surface area contributed by atoms with Crippen LogP contribution < -0.4 is 25.5 Å². The van der Waals surface area contributed by atoms with Crippen molar-refractivity contribution in [3.05, 3.63) is 106 Å². The summed E-state index contributed by atoms with van der Waals surface area (Å²) in [5.74, 6) is -1.12. The number of fused-ring (bicyclic) bond motifs is 6. The van der Waals surface area contributed by atoms with E-state index < -0.39 is 5.75 Å². The third kappa shape index (κ3) is 5.33. The summed E-state index contributed by atoms with van der Waals surface area (Å²) in [4.78, 5) is 4.70. The van der Waals surface area contributed by atoms with Crippen LogP contribution in [0.3, 0.4) is 0 Å². The lowest BCUT2D eigenvalue weighted by atomic mass is 9.36. The van der Waals surface area contributed by atoms with Crippen LogP contribution in [0.1, 0.15) is 95.7 Å². The van der Waals surface area contributed by atoms with E-state index in [-0.39, 0.29) is 34.5 Å². The second kappa shape index (κ2) is 11.8. The van der Waals surface area contributed by atoms with Gasteiger partial charge in [0.25, 0.3) is 6.71 Å². The van der Waals surface area contributed by atoms with E-state index in [1.165, 1.54) is 48.2 Å². The number of benzene rings is 5. The Morgan fingerprint density at radius 1 is 0.537 bits per heavy atom. The molecule has 0 bridgehead atoms. The summed E-state index contributed by atoms with van der Waals surface area (Å²) in [7, 11) is 0. The highest BCUT2D eigenvalue weighted by atomic mass is 32.1. The van der Waals surface area contributed by atoms with Gasteiger partial charge in [-0.3, -0.25) is 0 Å². The molecule has 2 aliphatic heterocycles. The van der Waals surface area contributed by atoms with Crippen LogP contribution in [-0.4, -0.2) is 22.0 Å². The molecule has 0 amide bonds. The number of hydrogen-bond donors (Lipinski definition) is 3. The van der Waals surface area contributed by atoms with Crippen LogP contribution in [0.25, 0.3) is 10.1 Å². The molecule has 0 radical (unpaired) electrons. The van der Waals surface area contributed by atoms with Gasteiger partial charge in [0.2, 0.25) is 5.75 Å². The summed E-state index contributed by atoms with van der Waals surface area (Å²) in [6, 6.07) is 27.5. The first-order valence-corrected chi connectivity index (χ1v) is 19.8. The topological polar surface area (TPSA) is 67.2 Å². The van der Waals surface area contributed by atoms with Crippen molar-refractivity contribution >= 4 is 78.0 Å². The molecule has 0 fully saturated rings. The molecule has 276 valence electrons. The molecule has 5 aromatic carbocycles. The van der Waals surface area contributed by atoms with Gasteiger partial charge in [0, 0.05) is 48.7 Å². The first kappa shape index (κ1) is 36.1. The molecule has 0 aliphatic carbocycles. The molecule has 7 heteroatoms. The van der Waals surface area contributed by atoms with Crippen LogP contribution in [0.5, 0.6) is 17.2 Å². The molecular weight excluding hydrogens is 683 g/mol. The number of nitrogens with zero attached hydrogens (tertiary/aromatic N) is 2. The Kier molecular flexibility index (Phi) is 7.90. The highest BCUT2D eigenvalue weighted by molar-refractivity contribution is 7.33. The van der Waals surface area contributed by atoms with Crippen molar-refractivity contribution in [1.82, 2.24) is 0 Å². The average molecular weight is 735 g/mol. The summed E-state index contributed by atoms with van der Waals surface area (Å²) >= 11 is 1.88. The Morgan fingerprint density at radius 3 is 1.63 bits per heavy atom. The van der Waals surface area contributed by atoms with E-state index in [0.29, 0.717) is 16.8 Å². The molecule has 0 spiro atoms. The largest absolute Gasteiger partial charge is 0.504 e. The normalized spacial score (nSPS) is 14.0. The van der Waals surface area contributed by atoms with Gasteiger partial charge in [-0.15, -0.1) is 11.3 Å². The van der Waals surface area contributed by atoms with Gasteiger partial charge >= 0.3 is 0 Å². The smallest absolute Gasteiger partial charge is 0.264 e. The Hall–Kier alpha value is -4.88. The molecule has 2 aliphatic rings. The van der Waals surface area contributed by atoms with Crippen molar-refractivity contribution in [3.63, 3.8) is 0 Å². The minimum Gasteiger partial charge on any atom is -0.504 e. The van der Waals surface area contributed by atoms with Crippen molar-refractivity contribution < 1.29 is 15.3 Å². The summed E-state index contributed by atoms with van der Waals surface area (Å²) in [5.41, 5.74) is 14.3. The monoisotopic (exact) mass is 734 g/mol. The Bertz CT molecular complexity index is 2500. The maximum Gasteiger partial charge on any atom is 0.264 e. The van der Waals surface area contributed by atoms with Crippen LogP contribution in [0.15, 0.2) is 72.8 Å². The van der Waals surface area contributed by atoms with Crippen LogP contribution in [0.4, 0.5) is 34.1 Å². The molecule has 0 saturated heterocycles. The highest BCUT2D eigenvalue weighted by Gasteiger charge is 2.46. The van der Waals surface area contributed by atoms with Crippen LogP contribution in [0.2, 0.25) is 0 Å². The first-order valence-electron chi connectivity index (χ1n) is 19.0. The minimum atomic E-state index is -0.493. The van der Waals surface area contributed by atoms with E-state index >= 15 is 0 Å². The lowest BCUT2D eigenvalue weighted by Gasteiger charge is -2.44. The van der Waals surface area contributed by atoms with Crippen LogP contribution in [-0.2, 0) is 16.2 Å². The number of thiophene rings is 1. The summed E-state index contributed by atoms with van der Waals surface area (Å²) < 4.78 is 2.55. The molecule has 0 saturated carbocycles. The first-order chi connectivity index (χ1) is 25.2. The van der Waals surface area contributed by atoms with Gasteiger partial charge in [0.15, 0.2) is 11.5 Å². The second-order valence-corrected chi connectivity index (χ2v) is 19.6. The van der Waals surface area contributed by atoms with E-state index in [0.717, 1.165) is 28.3 Å². The van der Waals surface area contributed by atoms with Gasteiger partial charge in [-0.1, -0.05) is 92.6 Å². The van der Waals surface area contributed by atoms with Crippen molar-refractivity contribution in [2.45, 2.75) is 99.3 Å². The lowest BCUT2D eigenvalue weighted by Crippen LogP contribution is -2.60. The number of aromatic hydroxyl groups is 3. The maximum atomic E-state index is 11.2. The summed E-state index contributed by atoms with van der Waals surface area (Å²) in [6.45, 7) is 26.1. The lowest BCUT2D eigenvalue weighted by molar-refractivity contribution is 0.364. The molecule has 5 nitrogen and oxygen atoms in total. The predicted octanol–water partition coefficient (Wildman–Crippen LogP) is 10.9. The summed E-state index contributed by atoms with van der Waals surface area (Å²) in [5, 5.41) is 34.4. The molecule has 8 rings (SSSR count). The van der Waals surface area contributed by atoms with E-state index in [4.69, 9.17) is 0 Å². The number of rotatable bonds is 2. The van der Waals surface area contributed by atoms with Gasteiger partial charge in [-0.2, -0.15) is 0 Å². The van der Waals surface area contributed by atoms with E-state index in [2.05, 4.69) is 152 Å². The van der Waals surface area contributed by atoms with Crippen molar-refractivity contribution in [2.75, 3.05) is 9.80 Å². The average Bonchev–Trinajstić information content (AvgIpc) is 3.48.